The normalized spacial score (nSPS) is 34.0. The molecule has 2 heterocycles. The maximum absolute atomic E-state index is 14.1. The summed E-state index contributed by atoms with van der Waals surface area (Å²) in [7, 11) is -1.09. The lowest BCUT2D eigenvalue weighted by Crippen LogP contribution is -2.46. The van der Waals surface area contributed by atoms with E-state index in [0.717, 1.165) is 25.7 Å². The van der Waals surface area contributed by atoms with E-state index < -0.39 is 20.3 Å². The van der Waals surface area contributed by atoms with Gasteiger partial charge in [0.25, 0.3) is 0 Å². The van der Waals surface area contributed by atoms with Gasteiger partial charge in [-0.05, 0) is 68.7 Å². The van der Waals surface area contributed by atoms with Crippen LogP contribution in [0.15, 0.2) is 71.8 Å². The predicted molar refractivity (Wildman–Crippen MR) is 118 cm³/mol. The van der Waals surface area contributed by atoms with Crippen molar-refractivity contribution in [3.8, 4) is 0 Å². The molecule has 0 radical (unpaired) electrons. The zero-order chi connectivity index (χ0) is 20.4. The number of fused-ring (bicyclic) bond motifs is 3. The highest BCUT2D eigenvalue weighted by Gasteiger charge is 2.81. The zero-order valence-electron chi connectivity index (χ0n) is 17.4. The number of benzene rings is 2. The van der Waals surface area contributed by atoms with E-state index >= 15 is 0 Å². The minimum Gasteiger partial charge on any atom is -0.300 e. The number of carbonyl (C=O) groups excluding carboxylic acids is 1. The maximum Gasteiger partial charge on any atom is 0.135 e. The minimum absolute atomic E-state index is 0.108. The van der Waals surface area contributed by atoms with Crippen LogP contribution < -0.4 is 0 Å². The van der Waals surface area contributed by atoms with Gasteiger partial charge >= 0.3 is 0 Å². The van der Waals surface area contributed by atoms with Gasteiger partial charge in [0.1, 0.15) is 5.78 Å². The largest absolute Gasteiger partial charge is 0.300 e. The van der Waals surface area contributed by atoms with Crippen LogP contribution in [0.5, 0.6) is 0 Å². The molecule has 1 saturated carbocycles. The average Bonchev–Trinajstić information content (AvgIpc) is 3.46. The summed E-state index contributed by atoms with van der Waals surface area (Å²) in [6.07, 6.45) is 3.64. The Labute approximate surface area is 175 Å². The highest BCUT2D eigenvalue weighted by molar-refractivity contribution is 7.89. The molecule has 2 bridgehead atoms. The van der Waals surface area contributed by atoms with Crippen molar-refractivity contribution in [2.75, 3.05) is 0 Å². The van der Waals surface area contributed by atoms with Gasteiger partial charge in [0.05, 0.1) is 9.49 Å². The van der Waals surface area contributed by atoms with Crippen LogP contribution in [0.1, 0.15) is 44.7 Å². The molecule has 4 unspecified atom stereocenters. The fourth-order valence-electron chi connectivity index (χ4n) is 6.64. The van der Waals surface area contributed by atoms with Crippen LogP contribution in [0.2, 0.25) is 0 Å². The lowest BCUT2D eigenvalue weighted by molar-refractivity contribution is -0.123. The summed E-state index contributed by atoms with van der Waals surface area (Å²) in [4.78, 5) is 12.9. The third-order valence-electron chi connectivity index (χ3n) is 7.99. The summed E-state index contributed by atoms with van der Waals surface area (Å²) >= 11 is 0. The maximum atomic E-state index is 14.1. The van der Waals surface area contributed by atoms with Crippen molar-refractivity contribution in [1.82, 2.24) is 0 Å². The molecule has 2 aromatic carbocycles. The molecular formula is C26H28O2S. The van der Waals surface area contributed by atoms with E-state index in [1.807, 2.05) is 12.1 Å². The Morgan fingerprint density at radius 2 is 1.38 bits per heavy atom. The average molecular weight is 405 g/mol. The first-order valence-electron chi connectivity index (χ1n) is 10.6. The van der Waals surface area contributed by atoms with Gasteiger partial charge < -0.3 is 0 Å². The standard InChI is InChI=1S/C26H28O2S/c1-18(27)23-24(2)21(16-19-10-6-4-7-11-19)22(17-20-12-8-5-9-13-20)25(3,29(24)28)26(23)14-15-26/h4-13,23H,14-17H2,1-3H3. The van der Waals surface area contributed by atoms with E-state index in [-0.39, 0.29) is 17.1 Å². The third-order valence-corrected chi connectivity index (χ3v) is 10.6. The molecule has 2 fully saturated rings. The van der Waals surface area contributed by atoms with Crippen molar-refractivity contribution >= 4 is 16.6 Å². The quantitative estimate of drug-likeness (QED) is 0.654. The fourth-order valence-corrected chi connectivity index (χ4v) is 9.62. The molecule has 1 aliphatic carbocycles. The Balaban J connectivity index is 1.72. The number of rotatable bonds is 5. The lowest BCUT2D eigenvalue weighted by Gasteiger charge is -2.41. The van der Waals surface area contributed by atoms with Crippen LogP contribution in [0.4, 0.5) is 0 Å². The molecule has 2 aliphatic heterocycles. The lowest BCUT2D eigenvalue weighted by atomic mass is 9.59. The van der Waals surface area contributed by atoms with Gasteiger partial charge in [-0.3, -0.25) is 9.00 Å². The van der Waals surface area contributed by atoms with Crippen LogP contribution in [-0.4, -0.2) is 19.5 Å². The van der Waals surface area contributed by atoms with Gasteiger partial charge in [0.2, 0.25) is 0 Å². The summed E-state index contributed by atoms with van der Waals surface area (Å²) in [6.45, 7) is 6.04. The van der Waals surface area contributed by atoms with Crippen molar-refractivity contribution in [3.63, 3.8) is 0 Å². The van der Waals surface area contributed by atoms with Crippen LogP contribution in [0.3, 0.4) is 0 Å². The molecule has 2 aromatic rings. The Hall–Kier alpha value is -2.00. The Morgan fingerprint density at radius 1 is 0.897 bits per heavy atom. The van der Waals surface area contributed by atoms with Gasteiger partial charge in [-0.1, -0.05) is 60.7 Å². The van der Waals surface area contributed by atoms with Gasteiger partial charge in [0.15, 0.2) is 0 Å². The number of ketones is 1. The van der Waals surface area contributed by atoms with E-state index in [4.69, 9.17) is 0 Å². The number of carbonyl (C=O) groups is 1. The smallest absolute Gasteiger partial charge is 0.135 e. The molecule has 1 saturated heterocycles. The zero-order valence-corrected chi connectivity index (χ0v) is 18.2. The van der Waals surface area contributed by atoms with E-state index in [1.165, 1.54) is 22.3 Å². The Kier molecular flexibility index (Phi) is 4.09. The number of hydrogen-bond acceptors (Lipinski definition) is 2. The monoisotopic (exact) mass is 404 g/mol. The van der Waals surface area contributed by atoms with Gasteiger partial charge in [-0.25, -0.2) is 0 Å². The van der Waals surface area contributed by atoms with Gasteiger partial charge in [-0.2, -0.15) is 0 Å². The minimum atomic E-state index is -1.09. The molecule has 4 atom stereocenters. The second-order valence-corrected chi connectivity index (χ2v) is 11.6. The fraction of sp³-hybridized carbons (Fsp3) is 0.423. The SMILES string of the molecule is CC(=O)C1C2(C)C(Cc3ccccc3)=C(Cc3ccccc3)C(C)(S2=O)C12CC2. The number of hydrogen-bond donors (Lipinski definition) is 0. The predicted octanol–water partition coefficient (Wildman–Crippen LogP) is 5.05. The van der Waals surface area contributed by atoms with E-state index in [0.29, 0.717) is 0 Å². The van der Waals surface area contributed by atoms with Crippen LogP contribution in [-0.2, 0) is 28.4 Å². The molecule has 3 aliphatic rings. The molecule has 1 spiro atoms. The molecule has 150 valence electrons. The molecule has 29 heavy (non-hydrogen) atoms. The third kappa shape index (κ3) is 2.34. The summed E-state index contributed by atoms with van der Waals surface area (Å²) in [5.74, 6) is 0.0884. The summed E-state index contributed by atoms with van der Waals surface area (Å²) < 4.78 is 13.1. The van der Waals surface area contributed by atoms with Crippen molar-refractivity contribution in [1.29, 1.82) is 0 Å². The van der Waals surface area contributed by atoms with Crippen LogP contribution >= 0.6 is 0 Å². The highest BCUT2D eigenvalue weighted by Crippen LogP contribution is 2.77. The molecule has 3 heteroatoms. The summed E-state index contributed by atoms with van der Waals surface area (Å²) in [6, 6.07) is 21.0. The first-order valence-corrected chi connectivity index (χ1v) is 11.7. The number of Topliss-reactive ketones (excluding diaryl/α,β-unsaturated/α-hetero) is 1. The van der Waals surface area contributed by atoms with Crippen LogP contribution in [0, 0.1) is 11.3 Å². The van der Waals surface area contributed by atoms with Crippen molar-refractivity contribution in [2.24, 2.45) is 11.3 Å². The van der Waals surface area contributed by atoms with Gasteiger partial charge in [0, 0.05) is 22.1 Å². The molecule has 5 rings (SSSR count). The Bertz CT molecular complexity index is 1030. The molecular weight excluding hydrogens is 376 g/mol. The second-order valence-electron chi connectivity index (χ2n) is 9.39. The second kappa shape index (κ2) is 6.25. The molecule has 2 nitrogen and oxygen atoms in total. The topological polar surface area (TPSA) is 34.1 Å². The molecule has 0 amide bonds. The summed E-state index contributed by atoms with van der Waals surface area (Å²) in [5, 5.41) is 0. The van der Waals surface area contributed by atoms with E-state index in [1.54, 1.807) is 6.92 Å². The first-order chi connectivity index (χ1) is 13.9. The van der Waals surface area contributed by atoms with Gasteiger partial charge in [-0.15, -0.1) is 0 Å². The van der Waals surface area contributed by atoms with E-state index in [2.05, 4.69) is 62.4 Å². The van der Waals surface area contributed by atoms with Crippen LogP contribution in [0.25, 0.3) is 0 Å². The molecule has 0 aromatic heterocycles. The van der Waals surface area contributed by atoms with E-state index in [9.17, 15) is 9.00 Å². The molecule has 0 N–H and O–H groups in total. The summed E-state index contributed by atoms with van der Waals surface area (Å²) in [5.41, 5.74) is 4.98. The Morgan fingerprint density at radius 3 is 1.83 bits per heavy atom. The highest BCUT2D eigenvalue weighted by atomic mass is 32.2. The van der Waals surface area contributed by atoms with Crippen molar-refractivity contribution in [3.05, 3.63) is 82.9 Å². The van der Waals surface area contributed by atoms with Crippen molar-refractivity contribution < 1.29 is 9.00 Å². The first kappa shape index (κ1) is 19.0. The van der Waals surface area contributed by atoms with Crippen molar-refractivity contribution in [2.45, 2.75) is 55.9 Å².